The third-order valence-corrected chi connectivity index (χ3v) is 3.00. The summed E-state index contributed by atoms with van der Waals surface area (Å²) < 4.78 is 0. The molecule has 0 aliphatic rings. The Balaban J connectivity index is 2.62. The monoisotopic (exact) mass is 236 g/mol. The molecule has 0 aromatic heterocycles. The van der Waals surface area contributed by atoms with Gasteiger partial charge in [0, 0.05) is 17.6 Å². The van der Waals surface area contributed by atoms with Crippen LogP contribution >= 0.6 is 0 Å². The van der Waals surface area contributed by atoms with Gasteiger partial charge < -0.3 is 15.3 Å². The molecule has 4 heteroatoms. The van der Waals surface area contributed by atoms with Gasteiger partial charge >= 0.3 is 0 Å². The summed E-state index contributed by atoms with van der Waals surface area (Å²) in [5, 5.41) is 12.1. The first-order chi connectivity index (χ1) is 7.83. The Kier molecular flexibility index (Phi) is 4.12. The van der Waals surface area contributed by atoms with Crippen LogP contribution in [0.25, 0.3) is 0 Å². The molecule has 17 heavy (non-hydrogen) atoms. The van der Waals surface area contributed by atoms with Gasteiger partial charge in [0.15, 0.2) is 0 Å². The van der Waals surface area contributed by atoms with Gasteiger partial charge in [0.05, 0.1) is 0 Å². The lowest BCUT2D eigenvalue weighted by molar-refractivity contribution is 0.0919. The Bertz CT molecular complexity index is 400. The van der Waals surface area contributed by atoms with Crippen LogP contribution in [-0.2, 0) is 0 Å². The van der Waals surface area contributed by atoms with Crippen LogP contribution < -0.4 is 5.32 Å². The number of benzene rings is 1. The number of amides is 1. The van der Waals surface area contributed by atoms with Crippen LogP contribution in [0.2, 0.25) is 0 Å². The molecule has 0 fully saturated rings. The molecule has 4 nitrogen and oxygen atoms in total. The van der Waals surface area contributed by atoms with Crippen LogP contribution in [0.3, 0.4) is 0 Å². The van der Waals surface area contributed by atoms with Crippen molar-refractivity contribution in [2.45, 2.75) is 19.4 Å². The lowest BCUT2D eigenvalue weighted by atomic mass is 10.0. The first-order valence-electron chi connectivity index (χ1n) is 5.57. The van der Waals surface area contributed by atoms with Gasteiger partial charge in [-0.05, 0) is 46.1 Å². The normalized spacial score (nSPS) is 11.6. The van der Waals surface area contributed by atoms with E-state index in [-0.39, 0.29) is 17.2 Å². The van der Waals surface area contributed by atoms with Crippen molar-refractivity contribution in [1.82, 2.24) is 10.2 Å². The molecule has 1 aromatic carbocycles. The lowest BCUT2D eigenvalue weighted by Gasteiger charge is -2.32. The number of likely N-dealkylation sites (N-methyl/N-ethyl adjacent to an activating group) is 1. The molecule has 94 valence electrons. The first-order valence-corrected chi connectivity index (χ1v) is 5.57. The number of hydrogen-bond donors (Lipinski definition) is 2. The molecule has 1 rings (SSSR count). The molecule has 0 aliphatic carbocycles. The van der Waals surface area contributed by atoms with Crippen LogP contribution in [0.5, 0.6) is 5.75 Å². The van der Waals surface area contributed by atoms with Gasteiger partial charge in [-0.1, -0.05) is 6.07 Å². The minimum absolute atomic E-state index is 0.101. The van der Waals surface area contributed by atoms with E-state index < -0.39 is 0 Å². The van der Waals surface area contributed by atoms with Crippen LogP contribution in [0, 0.1) is 0 Å². The molecule has 0 spiro atoms. The van der Waals surface area contributed by atoms with Crippen molar-refractivity contribution < 1.29 is 9.90 Å². The first kappa shape index (κ1) is 13.5. The predicted octanol–water partition coefficient (Wildman–Crippen LogP) is 1.46. The maximum absolute atomic E-state index is 11.8. The number of nitrogens with one attached hydrogen (secondary N) is 1. The fourth-order valence-corrected chi connectivity index (χ4v) is 1.20. The van der Waals surface area contributed by atoms with Gasteiger partial charge in [0.1, 0.15) is 5.75 Å². The molecule has 1 amide bonds. The van der Waals surface area contributed by atoms with Crippen LogP contribution in [0.1, 0.15) is 24.2 Å². The van der Waals surface area contributed by atoms with E-state index in [1.165, 1.54) is 6.07 Å². The molecule has 0 aliphatic heterocycles. The van der Waals surface area contributed by atoms with Gasteiger partial charge in [-0.25, -0.2) is 0 Å². The Labute approximate surface area is 102 Å². The Morgan fingerprint density at radius 1 is 1.41 bits per heavy atom. The highest BCUT2D eigenvalue weighted by molar-refractivity contribution is 5.94. The molecule has 0 bridgehead atoms. The predicted molar refractivity (Wildman–Crippen MR) is 68.2 cm³/mol. The Hall–Kier alpha value is -1.55. The number of phenolic OH excluding ortho intramolecular Hbond substituents is 1. The van der Waals surface area contributed by atoms with E-state index in [0.717, 1.165) is 0 Å². The van der Waals surface area contributed by atoms with Crippen molar-refractivity contribution in [2.75, 3.05) is 20.6 Å². The summed E-state index contributed by atoms with van der Waals surface area (Å²) in [5.74, 6) is -0.0691. The fourth-order valence-electron chi connectivity index (χ4n) is 1.20. The fraction of sp³-hybridized carbons (Fsp3) is 0.462. The summed E-state index contributed by atoms with van der Waals surface area (Å²) in [6.45, 7) is 4.65. The number of aromatic hydroxyl groups is 1. The zero-order valence-corrected chi connectivity index (χ0v) is 10.8. The van der Waals surface area contributed by atoms with Crippen molar-refractivity contribution in [2.24, 2.45) is 0 Å². The van der Waals surface area contributed by atoms with Crippen molar-refractivity contribution in [3.05, 3.63) is 29.8 Å². The van der Waals surface area contributed by atoms with E-state index in [0.29, 0.717) is 12.1 Å². The molecule has 0 unspecified atom stereocenters. The summed E-state index contributed by atoms with van der Waals surface area (Å²) in [6, 6.07) is 6.33. The van der Waals surface area contributed by atoms with E-state index in [1.807, 2.05) is 14.1 Å². The van der Waals surface area contributed by atoms with Crippen molar-refractivity contribution >= 4 is 5.91 Å². The van der Waals surface area contributed by atoms with Crippen molar-refractivity contribution in [3.8, 4) is 5.75 Å². The van der Waals surface area contributed by atoms with E-state index in [2.05, 4.69) is 24.1 Å². The molecule has 0 saturated carbocycles. The summed E-state index contributed by atoms with van der Waals surface area (Å²) in [4.78, 5) is 13.9. The Morgan fingerprint density at radius 3 is 2.59 bits per heavy atom. The smallest absolute Gasteiger partial charge is 0.251 e. The average molecular weight is 236 g/mol. The number of hydrogen-bond acceptors (Lipinski definition) is 3. The van der Waals surface area contributed by atoms with Crippen LogP contribution in [0.4, 0.5) is 0 Å². The number of rotatable bonds is 4. The third-order valence-electron chi connectivity index (χ3n) is 3.00. The highest BCUT2D eigenvalue weighted by Gasteiger charge is 2.21. The van der Waals surface area contributed by atoms with Gasteiger partial charge in [0.2, 0.25) is 0 Å². The average Bonchev–Trinajstić information content (AvgIpc) is 2.25. The highest BCUT2D eigenvalue weighted by atomic mass is 16.3. The third kappa shape index (κ3) is 3.75. The highest BCUT2D eigenvalue weighted by Crippen LogP contribution is 2.12. The molecule has 0 saturated heterocycles. The van der Waals surface area contributed by atoms with Gasteiger partial charge in [-0.3, -0.25) is 4.79 Å². The minimum atomic E-state index is -0.171. The van der Waals surface area contributed by atoms with Gasteiger partial charge in [-0.15, -0.1) is 0 Å². The minimum Gasteiger partial charge on any atom is -0.508 e. The van der Waals surface area contributed by atoms with Crippen molar-refractivity contribution in [1.29, 1.82) is 0 Å². The summed E-state index contributed by atoms with van der Waals surface area (Å²) in [7, 11) is 3.95. The SMILES string of the molecule is CN(C)C(C)(C)CNC(=O)c1cccc(O)c1. The largest absolute Gasteiger partial charge is 0.508 e. The number of carbonyl (C=O) groups excluding carboxylic acids is 1. The molecule has 0 atom stereocenters. The standard InChI is InChI=1S/C13H20N2O2/c1-13(2,15(3)4)9-14-12(17)10-6-5-7-11(16)8-10/h5-8,16H,9H2,1-4H3,(H,14,17). The van der Waals surface area contributed by atoms with Crippen LogP contribution in [0.15, 0.2) is 24.3 Å². The zero-order chi connectivity index (χ0) is 13.1. The van der Waals surface area contributed by atoms with Gasteiger partial charge in [-0.2, -0.15) is 0 Å². The van der Waals surface area contributed by atoms with E-state index >= 15 is 0 Å². The quantitative estimate of drug-likeness (QED) is 0.832. The molecular formula is C13H20N2O2. The number of phenols is 1. The van der Waals surface area contributed by atoms with E-state index in [4.69, 9.17) is 0 Å². The second kappa shape index (κ2) is 5.19. The maximum atomic E-state index is 11.8. The molecule has 2 N–H and O–H groups in total. The number of carbonyl (C=O) groups is 1. The van der Waals surface area contributed by atoms with Crippen molar-refractivity contribution in [3.63, 3.8) is 0 Å². The van der Waals surface area contributed by atoms with E-state index in [1.54, 1.807) is 18.2 Å². The van der Waals surface area contributed by atoms with Gasteiger partial charge in [0.25, 0.3) is 5.91 Å². The lowest BCUT2D eigenvalue weighted by Crippen LogP contribution is -2.48. The molecule has 0 radical (unpaired) electrons. The topological polar surface area (TPSA) is 52.6 Å². The molecule has 0 heterocycles. The van der Waals surface area contributed by atoms with E-state index in [9.17, 15) is 9.90 Å². The Morgan fingerprint density at radius 2 is 2.06 bits per heavy atom. The summed E-state index contributed by atoms with van der Waals surface area (Å²) >= 11 is 0. The summed E-state index contributed by atoms with van der Waals surface area (Å²) in [6.07, 6.45) is 0. The van der Waals surface area contributed by atoms with Crippen LogP contribution in [-0.4, -0.2) is 42.1 Å². The second-order valence-electron chi connectivity index (χ2n) is 4.94. The maximum Gasteiger partial charge on any atom is 0.251 e. The summed E-state index contributed by atoms with van der Waals surface area (Å²) in [5.41, 5.74) is 0.367. The zero-order valence-electron chi connectivity index (χ0n) is 10.8. The second-order valence-corrected chi connectivity index (χ2v) is 4.94. The molecule has 1 aromatic rings. The molecular weight excluding hydrogens is 216 g/mol. The number of nitrogens with zero attached hydrogens (tertiary/aromatic N) is 1.